The Labute approximate surface area is 283 Å². The Hall–Kier alpha value is -4.25. The van der Waals surface area contributed by atoms with E-state index in [1.807, 2.05) is 12.1 Å². The molecule has 0 bridgehead atoms. The van der Waals surface area contributed by atoms with Crippen LogP contribution in [0.5, 0.6) is 11.5 Å². The van der Waals surface area contributed by atoms with Gasteiger partial charge in [0.15, 0.2) is 17.3 Å². The highest BCUT2D eigenvalue weighted by Gasteiger charge is 2.53. The highest BCUT2D eigenvalue weighted by atomic mass is 19.1. The molecule has 2 heterocycles. The number of halogens is 1. The van der Waals surface area contributed by atoms with Crippen LogP contribution in [0.2, 0.25) is 0 Å². The van der Waals surface area contributed by atoms with Crippen molar-refractivity contribution in [1.29, 1.82) is 0 Å². The lowest BCUT2D eigenvalue weighted by Crippen LogP contribution is -2.66. The second kappa shape index (κ2) is 14.1. The van der Waals surface area contributed by atoms with Gasteiger partial charge in [-0.3, -0.25) is 14.8 Å². The first-order chi connectivity index (χ1) is 22.7. The Kier molecular flexibility index (Phi) is 10.3. The van der Waals surface area contributed by atoms with Crippen molar-refractivity contribution < 1.29 is 18.7 Å². The van der Waals surface area contributed by atoms with Gasteiger partial charge in [-0.2, -0.15) is 5.10 Å². The summed E-state index contributed by atoms with van der Waals surface area (Å²) in [6, 6.07) is 11.7. The van der Waals surface area contributed by atoms with Gasteiger partial charge < -0.3 is 20.1 Å². The number of H-pyrrole nitrogens is 1. The molecule has 1 amide bonds. The molecule has 0 spiro atoms. The van der Waals surface area contributed by atoms with Crippen molar-refractivity contribution in [2.24, 2.45) is 10.8 Å². The Morgan fingerprint density at radius 2 is 1.81 bits per heavy atom. The van der Waals surface area contributed by atoms with Crippen LogP contribution in [0.25, 0.3) is 10.9 Å². The molecule has 3 N–H and O–H groups in total. The minimum Gasteiger partial charge on any atom is -0.493 e. The van der Waals surface area contributed by atoms with Crippen molar-refractivity contribution >= 4 is 34.1 Å². The SMILES string of the molecule is [CH2]C(N(CCCOc1cc2ncnc(Nc3cc(CC(=O)Nc4cccc(F)c4)[nH]n3)c2cc1OC)C1CCC1)(C(C)(C)C)C(C)(C)C. The highest BCUT2D eigenvalue weighted by molar-refractivity contribution is 5.93. The van der Waals surface area contributed by atoms with Crippen molar-refractivity contribution in [1.82, 2.24) is 25.1 Å². The molecular weight excluding hydrogens is 609 g/mol. The predicted molar refractivity (Wildman–Crippen MR) is 188 cm³/mol. The first kappa shape index (κ1) is 35.1. The minimum absolute atomic E-state index is 0.00890. The smallest absolute Gasteiger partial charge is 0.230 e. The van der Waals surface area contributed by atoms with E-state index in [2.05, 4.69) is 77.2 Å². The number of carbonyl (C=O) groups excluding carboxylic acids is 1. The van der Waals surface area contributed by atoms with Crippen LogP contribution in [0.1, 0.15) is 72.9 Å². The molecule has 257 valence electrons. The lowest BCUT2D eigenvalue weighted by Gasteiger charge is -2.61. The predicted octanol–water partition coefficient (Wildman–Crippen LogP) is 7.71. The number of amides is 1. The zero-order valence-corrected chi connectivity index (χ0v) is 29.2. The van der Waals surface area contributed by atoms with Crippen LogP contribution in [0.3, 0.4) is 0 Å². The molecule has 1 aliphatic rings. The number of aromatic nitrogens is 4. The number of aromatic amines is 1. The average Bonchev–Trinajstić information content (AvgIpc) is 3.42. The van der Waals surface area contributed by atoms with Crippen LogP contribution in [-0.2, 0) is 11.2 Å². The maximum Gasteiger partial charge on any atom is 0.230 e. The van der Waals surface area contributed by atoms with Gasteiger partial charge in [0.2, 0.25) is 5.91 Å². The van der Waals surface area contributed by atoms with E-state index in [9.17, 15) is 9.18 Å². The fourth-order valence-corrected chi connectivity index (χ4v) is 6.81. The number of hydrogen-bond donors (Lipinski definition) is 3. The van der Waals surface area contributed by atoms with Crippen molar-refractivity contribution in [2.75, 3.05) is 30.9 Å². The summed E-state index contributed by atoms with van der Waals surface area (Å²) >= 11 is 0. The van der Waals surface area contributed by atoms with E-state index in [1.54, 1.807) is 19.2 Å². The quantitative estimate of drug-likeness (QED) is 0.125. The highest BCUT2D eigenvalue weighted by Crippen LogP contribution is 2.50. The number of benzene rings is 2. The number of fused-ring (bicyclic) bond motifs is 1. The number of nitrogens with one attached hydrogen (secondary N) is 3. The zero-order chi connectivity index (χ0) is 34.7. The van der Waals surface area contributed by atoms with Gasteiger partial charge >= 0.3 is 0 Å². The molecule has 11 heteroatoms. The van der Waals surface area contributed by atoms with Crippen LogP contribution in [-0.4, -0.2) is 62.8 Å². The van der Waals surface area contributed by atoms with Gasteiger partial charge in [-0.25, -0.2) is 14.4 Å². The fraction of sp³-hybridized carbons (Fsp3) is 0.486. The lowest BCUT2D eigenvalue weighted by molar-refractivity contribution is -0.115. The molecule has 2 aromatic carbocycles. The number of ether oxygens (including phenoxy) is 2. The molecule has 4 aromatic rings. The molecule has 5 rings (SSSR count). The second-order valence-electron chi connectivity index (χ2n) is 14.7. The Morgan fingerprint density at radius 3 is 2.46 bits per heavy atom. The number of carbonyl (C=O) groups is 1. The first-order valence-corrected chi connectivity index (χ1v) is 16.6. The Bertz CT molecular complexity index is 1710. The minimum atomic E-state index is -0.420. The van der Waals surface area contributed by atoms with E-state index >= 15 is 0 Å². The number of rotatable bonds is 13. The molecule has 1 radical (unpaired) electrons. The number of hydrogen-bond acceptors (Lipinski definition) is 8. The van der Waals surface area contributed by atoms with Gasteiger partial charge in [0.05, 0.1) is 25.7 Å². The normalized spacial score (nSPS) is 14.2. The molecule has 2 aromatic heterocycles. The summed E-state index contributed by atoms with van der Waals surface area (Å²) in [5.74, 6) is 1.47. The van der Waals surface area contributed by atoms with Gasteiger partial charge in [0, 0.05) is 47.0 Å². The molecular formula is C37H49FN7O3. The summed E-state index contributed by atoms with van der Waals surface area (Å²) < 4.78 is 25.5. The summed E-state index contributed by atoms with van der Waals surface area (Å²) in [7, 11) is 1.61. The van der Waals surface area contributed by atoms with Crippen molar-refractivity contribution in [3.05, 3.63) is 67.2 Å². The molecule has 0 atom stereocenters. The van der Waals surface area contributed by atoms with E-state index in [-0.39, 0.29) is 28.7 Å². The summed E-state index contributed by atoms with van der Waals surface area (Å²) in [6.45, 7) is 20.1. The molecule has 1 fully saturated rings. The van der Waals surface area contributed by atoms with Crippen molar-refractivity contribution in [3.8, 4) is 11.5 Å². The van der Waals surface area contributed by atoms with Gasteiger partial charge in [-0.05, 0) is 61.3 Å². The fourth-order valence-electron chi connectivity index (χ4n) is 6.81. The Morgan fingerprint density at radius 1 is 1.06 bits per heavy atom. The number of anilines is 3. The van der Waals surface area contributed by atoms with Gasteiger partial charge in [-0.1, -0.05) is 54.0 Å². The van der Waals surface area contributed by atoms with E-state index in [0.717, 1.165) is 18.4 Å². The summed E-state index contributed by atoms with van der Waals surface area (Å²) in [5, 5.41) is 13.8. The van der Waals surface area contributed by atoms with E-state index in [1.165, 1.54) is 43.8 Å². The number of methoxy groups -OCH3 is 1. The summed E-state index contributed by atoms with van der Waals surface area (Å²) in [5.41, 5.74) is 1.39. The summed E-state index contributed by atoms with van der Waals surface area (Å²) in [4.78, 5) is 24.0. The van der Waals surface area contributed by atoms with Crippen molar-refractivity contribution in [2.45, 2.75) is 85.2 Å². The third-order valence-electron chi connectivity index (χ3n) is 9.55. The number of nitrogens with zero attached hydrogens (tertiary/aromatic N) is 4. The molecule has 10 nitrogen and oxygen atoms in total. The van der Waals surface area contributed by atoms with Gasteiger partial charge in [0.1, 0.15) is 18.0 Å². The van der Waals surface area contributed by atoms with Gasteiger partial charge in [-0.15, -0.1) is 0 Å². The largest absolute Gasteiger partial charge is 0.493 e. The standard InChI is InChI=1S/C37H49FN7O3/c1-35(2,3)37(7,36(4,5)6)45(27-14-10-15-27)16-11-17-48-31-22-29-28(21-30(31)47-8)34(40-23-39-29)42-32-19-26(43-44-32)20-33(46)41-25-13-9-12-24(38)18-25/h9,12-13,18-19,21-23,27H,7,10-11,14-17,20H2,1-6,8H3,(H,41,46)(H2,39,40,42,43,44). The zero-order valence-electron chi connectivity index (χ0n) is 29.2. The van der Waals surface area contributed by atoms with E-state index in [4.69, 9.17) is 16.4 Å². The third-order valence-corrected chi connectivity index (χ3v) is 9.55. The molecule has 1 saturated carbocycles. The van der Waals surface area contributed by atoms with Crippen LogP contribution in [0.15, 0.2) is 48.8 Å². The maximum atomic E-state index is 13.5. The molecule has 0 unspecified atom stereocenters. The molecule has 0 saturated heterocycles. The summed E-state index contributed by atoms with van der Waals surface area (Å²) in [6.07, 6.45) is 6.05. The van der Waals surface area contributed by atoms with Crippen molar-refractivity contribution in [3.63, 3.8) is 0 Å². The third kappa shape index (κ3) is 7.56. The average molecular weight is 659 g/mol. The molecule has 1 aliphatic carbocycles. The van der Waals surface area contributed by atoms with Crippen LogP contribution >= 0.6 is 0 Å². The van der Waals surface area contributed by atoms with Crippen LogP contribution < -0.4 is 20.1 Å². The first-order valence-electron chi connectivity index (χ1n) is 16.6. The maximum absolute atomic E-state index is 13.5. The molecule has 0 aliphatic heterocycles. The topological polar surface area (TPSA) is 117 Å². The second-order valence-corrected chi connectivity index (χ2v) is 14.7. The molecule has 48 heavy (non-hydrogen) atoms. The van der Waals surface area contributed by atoms with Crippen LogP contribution in [0, 0.1) is 23.6 Å². The van der Waals surface area contributed by atoms with Gasteiger partial charge in [0.25, 0.3) is 0 Å². The Balaban J connectivity index is 1.25. The van der Waals surface area contributed by atoms with Crippen LogP contribution in [0.4, 0.5) is 21.7 Å². The lowest BCUT2D eigenvalue weighted by atomic mass is 9.59. The van der Waals surface area contributed by atoms with E-state index < -0.39 is 5.82 Å². The monoisotopic (exact) mass is 658 g/mol. The van der Waals surface area contributed by atoms with E-state index in [0.29, 0.717) is 52.7 Å².